The van der Waals surface area contributed by atoms with Gasteiger partial charge >= 0.3 is 6.18 Å². The first-order valence-electron chi connectivity index (χ1n) is 6.86. The van der Waals surface area contributed by atoms with Gasteiger partial charge in [-0.3, -0.25) is 9.69 Å². The molecule has 0 aliphatic heterocycles. The number of likely N-dealkylation sites (N-methyl/N-ethyl adjacent to an activating group) is 2. The highest BCUT2D eigenvalue weighted by Gasteiger charge is 2.28. The predicted molar refractivity (Wildman–Crippen MR) is 75.8 cm³/mol. The van der Waals surface area contributed by atoms with Crippen LogP contribution in [0, 0.1) is 5.82 Å². The average molecular weight is 320 g/mol. The van der Waals surface area contributed by atoms with Crippen molar-refractivity contribution in [1.82, 2.24) is 9.80 Å². The molecule has 1 unspecified atom stereocenters. The van der Waals surface area contributed by atoms with Crippen LogP contribution in [0.15, 0.2) is 24.3 Å². The smallest absolute Gasteiger partial charge is 0.338 e. The van der Waals surface area contributed by atoms with E-state index in [-0.39, 0.29) is 30.9 Å². The van der Waals surface area contributed by atoms with Crippen LogP contribution in [0.3, 0.4) is 0 Å². The Morgan fingerprint density at radius 2 is 1.73 bits per heavy atom. The van der Waals surface area contributed by atoms with E-state index in [9.17, 15) is 22.4 Å². The van der Waals surface area contributed by atoms with Gasteiger partial charge in [-0.1, -0.05) is 12.1 Å². The Kier molecular flexibility index (Phi) is 6.34. The van der Waals surface area contributed by atoms with Gasteiger partial charge in [0, 0.05) is 13.6 Å². The quantitative estimate of drug-likeness (QED) is 0.751. The van der Waals surface area contributed by atoms with E-state index in [1.165, 1.54) is 29.0 Å². The number of benzene rings is 1. The molecule has 0 aromatic heterocycles. The second-order valence-corrected chi connectivity index (χ2v) is 5.34. The van der Waals surface area contributed by atoms with Crippen molar-refractivity contribution in [3.05, 3.63) is 35.6 Å². The van der Waals surface area contributed by atoms with Crippen LogP contribution in [0.5, 0.6) is 0 Å². The number of nitrogens with zero attached hydrogens (tertiary/aromatic N) is 2. The molecule has 1 amide bonds. The fourth-order valence-electron chi connectivity index (χ4n) is 1.92. The molecule has 0 spiro atoms. The molecule has 0 aliphatic carbocycles. The summed E-state index contributed by atoms with van der Waals surface area (Å²) in [5.74, 6) is -0.654. The van der Waals surface area contributed by atoms with E-state index in [0.29, 0.717) is 0 Å². The third-order valence-corrected chi connectivity index (χ3v) is 3.51. The van der Waals surface area contributed by atoms with E-state index in [2.05, 4.69) is 0 Å². The summed E-state index contributed by atoms with van der Waals surface area (Å²) in [5.41, 5.74) is 0.759. The Morgan fingerprint density at radius 1 is 1.18 bits per heavy atom. The van der Waals surface area contributed by atoms with Crippen molar-refractivity contribution in [2.24, 2.45) is 0 Å². The second-order valence-electron chi connectivity index (χ2n) is 5.34. The van der Waals surface area contributed by atoms with Gasteiger partial charge in [0.25, 0.3) is 0 Å². The Hall–Kier alpha value is -1.63. The lowest BCUT2D eigenvalue weighted by molar-refractivity contribution is -0.141. The summed E-state index contributed by atoms with van der Waals surface area (Å²) in [4.78, 5) is 14.9. The Bertz CT molecular complexity index is 487. The zero-order chi connectivity index (χ0) is 16.9. The Labute approximate surface area is 127 Å². The highest BCUT2D eigenvalue weighted by molar-refractivity contribution is 5.78. The molecule has 0 N–H and O–H groups in total. The van der Waals surface area contributed by atoms with Crippen LogP contribution in [-0.4, -0.2) is 49.1 Å². The SMILES string of the molecule is CC(c1ccc(F)cc1)N(C)C(=O)CN(C)CCC(F)(F)F. The van der Waals surface area contributed by atoms with Crippen LogP contribution >= 0.6 is 0 Å². The largest absolute Gasteiger partial charge is 0.390 e. The standard InChI is InChI=1S/C15H20F4N2O/c1-11(12-4-6-13(16)7-5-12)21(3)14(22)10-20(2)9-8-15(17,18)19/h4-7,11H,8-10H2,1-3H3. The van der Waals surface area contributed by atoms with E-state index in [1.54, 1.807) is 26.1 Å². The van der Waals surface area contributed by atoms with Crippen LogP contribution in [0.2, 0.25) is 0 Å². The normalized spacial score (nSPS) is 13.3. The molecule has 0 radical (unpaired) electrons. The third kappa shape index (κ3) is 6.01. The van der Waals surface area contributed by atoms with Crippen molar-refractivity contribution >= 4 is 5.91 Å². The maximum Gasteiger partial charge on any atom is 0.390 e. The fourth-order valence-corrected chi connectivity index (χ4v) is 1.92. The minimum atomic E-state index is -4.23. The minimum Gasteiger partial charge on any atom is -0.338 e. The summed E-state index contributed by atoms with van der Waals surface area (Å²) in [6.45, 7) is 1.45. The number of amides is 1. The number of carbonyl (C=O) groups is 1. The molecule has 1 aromatic rings. The summed E-state index contributed by atoms with van der Waals surface area (Å²) < 4.78 is 49.3. The van der Waals surface area contributed by atoms with Crippen LogP contribution in [-0.2, 0) is 4.79 Å². The van der Waals surface area contributed by atoms with Crippen molar-refractivity contribution in [3.8, 4) is 0 Å². The van der Waals surface area contributed by atoms with Gasteiger partial charge in [-0.2, -0.15) is 13.2 Å². The number of alkyl halides is 3. The number of halogens is 4. The molecule has 7 heteroatoms. The molecule has 0 aliphatic rings. The van der Waals surface area contributed by atoms with Gasteiger partial charge < -0.3 is 4.90 Å². The van der Waals surface area contributed by atoms with Crippen LogP contribution < -0.4 is 0 Å². The van der Waals surface area contributed by atoms with Gasteiger partial charge in [0.15, 0.2) is 0 Å². The minimum absolute atomic E-state index is 0.0991. The van der Waals surface area contributed by atoms with E-state index in [1.807, 2.05) is 0 Å². The first-order valence-corrected chi connectivity index (χ1v) is 6.86. The molecule has 0 bridgehead atoms. The monoisotopic (exact) mass is 320 g/mol. The molecule has 1 aromatic carbocycles. The van der Waals surface area contributed by atoms with E-state index in [4.69, 9.17) is 0 Å². The van der Waals surface area contributed by atoms with Crippen LogP contribution in [0.25, 0.3) is 0 Å². The zero-order valence-corrected chi connectivity index (χ0v) is 12.8. The van der Waals surface area contributed by atoms with E-state index in [0.717, 1.165) is 5.56 Å². The molecule has 3 nitrogen and oxygen atoms in total. The lowest BCUT2D eigenvalue weighted by atomic mass is 10.1. The zero-order valence-electron chi connectivity index (χ0n) is 12.8. The highest BCUT2D eigenvalue weighted by atomic mass is 19.4. The lowest BCUT2D eigenvalue weighted by Gasteiger charge is -2.27. The Morgan fingerprint density at radius 3 is 2.23 bits per heavy atom. The van der Waals surface area contributed by atoms with Crippen molar-refractivity contribution in [1.29, 1.82) is 0 Å². The first kappa shape index (κ1) is 18.4. The summed E-state index contributed by atoms with van der Waals surface area (Å²) >= 11 is 0. The number of rotatable bonds is 6. The van der Waals surface area contributed by atoms with Crippen LogP contribution in [0.4, 0.5) is 17.6 Å². The second kappa shape index (κ2) is 7.58. The number of carbonyl (C=O) groups excluding carboxylic acids is 1. The lowest BCUT2D eigenvalue weighted by Crippen LogP contribution is -2.39. The maximum absolute atomic E-state index is 12.9. The number of hydrogen-bond donors (Lipinski definition) is 0. The third-order valence-electron chi connectivity index (χ3n) is 3.51. The van der Waals surface area contributed by atoms with Crippen LogP contribution in [0.1, 0.15) is 24.9 Å². The average Bonchev–Trinajstić information content (AvgIpc) is 2.43. The highest BCUT2D eigenvalue weighted by Crippen LogP contribution is 2.21. The van der Waals surface area contributed by atoms with Gasteiger partial charge in [0.1, 0.15) is 5.82 Å². The Balaban J connectivity index is 2.55. The van der Waals surface area contributed by atoms with Crippen molar-refractivity contribution in [3.63, 3.8) is 0 Å². The maximum atomic E-state index is 12.9. The van der Waals surface area contributed by atoms with Gasteiger partial charge in [-0.25, -0.2) is 4.39 Å². The predicted octanol–water partition coefficient (Wildman–Crippen LogP) is 3.23. The molecule has 1 rings (SSSR count). The first-order chi connectivity index (χ1) is 10.1. The molecule has 0 heterocycles. The molecular weight excluding hydrogens is 300 g/mol. The molecule has 0 saturated heterocycles. The van der Waals surface area contributed by atoms with Crippen molar-refractivity contribution in [2.45, 2.75) is 25.6 Å². The van der Waals surface area contributed by atoms with Gasteiger partial charge in [-0.05, 0) is 31.7 Å². The number of hydrogen-bond acceptors (Lipinski definition) is 2. The summed E-state index contributed by atoms with van der Waals surface area (Å²) in [6, 6.07) is 5.48. The van der Waals surface area contributed by atoms with Crippen molar-refractivity contribution in [2.75, 3.05) is 27.2 Å². The summed E-state index contributed by atoms with van der Waals surface area (Å²) in [7, 11) is 3.05. The molecule has 0 fully saturated rings. The van der Waals surface area contributed by atoms with Crippen molar-refractivity contribution < 1.29 is 22.4 Å². The fraction of sp³-hybridized carbons (Fsp3) is 0.533. The molecular formula is C15H20F4N2O. The molecule has 0 saturated carbocycles. The van der Waals surface area contributed by atoms with Gasteiger partial charge in [0.2, 0.25) is 5.91 Å². The summed E-state index contributed by atoms with van der Waals surface area (Å²) in [5, 5.41) is 0. The molecule has 22 heavy (non-hydrogen) atoms. The summed E-state index contributed by atoms with van der Waals surface area (Å²) in [6.07, 6.45) is -5.18. The van der Waals surface area contributed by atoms with E-state index >= 15 is 0 Å². The van der Waals surface area contributed by atoms with E-state index < -0.39 is 12.6 Å². The molecule has 124 valence electrons. The molecule has 1 atom stereocenters. The topological polar surface area (TPSA) is 23.6 Å². The van der Waals surface area contributed by atoms with Gasteiger partial charge in [-0.15, -0.1) is 0 Å². The van der Waals surface area contributed by atoms with Gasteiger partial charge in [0.05, 0.1) is 19.0 Å².